The van der Waals surface area contributed by atoms with Gasteiger partial charge in [-0.05, 0) is 16.7 Å². The van der Waals surface area contributed by atoms with E-state index in [1.807, 2.05) is 0 Å². The molecular weight excluding hydrogens is 312 g/mol. The number of carbonyl (C=O) groups excluding carboxylic acids is 1. The highest BCUT2D eigenvalue weighted by Gasteiger charge is 2.35. The Morgan fingerprint density at radius 2 is 2.00 bits per heavy atom. The largest absolute Gasteiger partial charge is 0.458 e. The second-order valence-electron chi connectivity index (χ2n) is 5.66. The van der Waals surface area contributed by atoms with Crippen LogP contribution in [0.3, 0.4) is 0 Å². The van der Waals surface area contributed by atoms with Crippen molar-refractivity contribution in [2.24, 2.45) is 5.73 Å². The van der Waals surface area contributed by atoms with E-state index in [-0.39, 0.29) is 5.69 Å². The molecule has 2 aromatic rings. The number of nitrogens with zero attached hydrogens (tertiary/aromatic N) is 1. The number of hydrogen-bond donors (Lipinski definition) is 2. The van der Waals surface area contributed by atoms with Gasteiger partial charge in [0.2, 0.25) is 0 Å². The number of benzene rings is 2. The SMILES string of the molecule is NC1c2cc([N+](=O)[O-])ccc2C[C@H]1OC(=O)[C@@H](O)c1ccccc1. The molecule has 3 atom stereocenters. The molecule has 3 rings (SSSR count). The number of rotatable bonds is 4. The highest BCUT2D eigenvalue weighted by molar-refractivity contribution is 5.76. The third-order valence-corrected chi connectivity index (χ3v) is 4.13. The molecule has 0 fully saturated rings. The number of hydrogen-bond acceptors (Lipinski definition) is 6. The van der Waals surface area contributed by atoms with E-state index in [0.29, 0.717) is 17.5 Å². The van der Waals surface area contributed by atoms with Gasteiger partial charge >= 0.3 is 5.97 Å². The second-order valence-corrected chi connectivity index (χ2v) is 5.66. The number of nitro benzene ring substituents is 1. The van der Waals surface area contributed by atoms with Crippen molar-refractivity contribution >= 4 is 11.7 Å². The van der Waals surface area contributed by atoms with Crippen LogP contribution in [0.25, 0.3) is 0 Å². The van der Waals surface area contributed by atoms with E-state index in [1.54, 1.807) is 36.4 Å². The lowest BCUT2D eigenvalue weighted by molar-refractivity contribution is -0.384. The fourth-order valence-corrected chi connectivity index (χ4v) is 2.84. The fourth-order valence-electron chi connectivity index (χ4n) is 2.84. The van der Waals surface area contributed by atoms with Crippen molar-refractivity contribution in [3.8, 4) is 0 Å². The molecule has 1 aliphatic carbocycles. The van der Waals surface area contributed by atoms with Gasteiger partial charge < -0.3 is 15.6 Å². The molecule has 2 aromatic carbocycles. The Morgan fingerprint density at radius 1 is 1.29 bits per heavy atom. The van der Waals surface area contributed by atoms with Gasteiger partial charge in [0.15, 0.2) is 6.10 Å². The second kappa shape index (κ2) is 6.38. The minimum Gasteiger partial charge on any atom is -0.458 e. The maximum Gasteiger partial charge on any atom is 0.340 e. The molecule has 0 aromatic heterocycles. The monoisotopic (exact) mass is 328 g/mol. The lowest BCUT2D eigenvalue weighted by Crippen LogP contribution is -2.30. The molecule has 7 heteroatoms. The molecule has 0 heterocycles. The summed E-state index contributed by atoms with van der Waals surface area (Å²) in [6, 6.07) is 12.2. The zero-order valence-electron chi connectivity index (χ0n) is 12.7. The number of aliphatic hydroxyl groups excluding tert-OH is 1. The molecule has 1 unspecified atom stereocenters. The van der Waals surface area contributed by atoms with Crippen molar-refractivity contribution in [3.05, 3.63) is 75.3 Å². The first-order chi connectivity index (χ1) is 11.5. The molecule has 1 aliphatic rings. The van der Waals surface area contributed by atoms with E-state index in [1.165, 1.54) is 12.1 Å². The normalized spacial score (nSPS) is 20.2. The average Bonchev–Trinajstić information content (AvgIpc) is 2.90. The van der Waals surface area contributed by atoms with Gasteiger partial charge in [-0.1, -0.05) is 36.4 Å². The maximum atomic E-state index is 12.1. The van der Waals surface area contributed by atoms with Gasteiger partial charge in [-0.2, -0.15) is 0 Å². The number of fused-ring (bicyclic) bond motifs is 1. The molecule has 0 amide bonds. The van der Waals surface area contributed by atoms with Crippen molar-refractivity contribution in [2.45, 2.75) is 24.7 Å². The first kappa shape index (κ1) is 16.1. The van der Waals surface area contributed by atoms with Crippen LogP contribution in [0.15, 0.2) is 48.5 Å². The van der Waals surface area contributed by atoms with Crippen LogP contribution >= 0.6 is 0 Å². The highest BCUT2D eigenvalue weighted by atomic mass is 16.6. The highest BCUT2D eigenvalue weighted by Crippen LogP contribution is 2.34. The van der Waals surface area contributed by atoms with E-state index in [4.69, 9.17) is 10.5 Å². The van der Waals surface area contributed by atoms with Crippen molar-refractivity contribution in [1.29, 1.82) is 0 Å². The quantitative estimate of drug-likeness (QED) is 0.502. The summed E-state index contributed by atoms with van der Waals surface area (Å²) in [7, 11) is 0. The van der Waals surface area contributed by atoms with Gasteiger partial charge in [-0.15, -0.1) is 0 Å². The van der Waals surface area contributed by atoms with Crippen LogP contribution in [-0.4, -0.2) is 22.1 Å². The fraction of sp³-hybridized carbons (Fsp3) is 0.235. The maximum absolute atomic E-state index is 12.1. The van der Waals surface area contributed by atoms with Gasteiger partial charge in [0.05, 0.1) is 11.0 Å². The third-order valence-electron chi connectivity index (χ3n) is 4.13. The Morgan fingerprint density at radius 3 is 2.67 bits per heavy atom. The molecule has 7 nitrogen and oxygen atoms in total. The van der Waals surface area contributed by atoms with Crippen LogP contribution in [0.5, 0.6) is 0 Å². The Kier molecular flexibility index (Phi) is 4.28. The molecule has 124 valence electrons. The Bertz CT molecular complexity index is 778. The van der Waals surface area contributed by atoms with Gasteiger partial charge in [0, 0.05) is 18.6 Å². The van der Waals surface area contributed by atoms with Crippen molar-refractivity contribution in [2.75, 3.05) is 0 Å². The van der Waals surface area contributed by atoms with E-state index in [2.05, 4.69) is 0 Å². The van der Waals surface area contributed by atoms with E-state index in [9.17, 15) is 20.0 Å². The van der Waals surface area contributed by atoms with Gasteiger partial charge in [0.1, 0.15) is 6.10 Å². The lowest BCUT2D eigenvalue weighted by atomic mass is 10.1. The number of ether oxygens (including phenoxy) is 1. The van der Waals surface area contributed by atoms with Crippen LogP contribution < -0.4 is 5.73 Å². The van der Waals surface area contributed by atoms with Gasteiger partial charge in [-0.25, -0.2) is 4.79 Å². The van der Waals surface area contributed by atoms with Crippen LogP contribution in [-0.2, 0) is 16.0 Å². The molecule has 0 aliphatic heterocycles. The van der Waals surface area contributed by atoms with Crippen LogP contribution in [0.1, 0.15) is 28.8 Å². The Hall–Kier alpha value is -2.77. The predicted octanol–water partition coefficient (Wildman–Crippen LogP) is 1.80. The van der Waals surface area contributed by atoms with E-state index < -0.39 is 29.1 Å². The summed E-state index contributed by atoms with van der Waals surface area (Å²) in [5.41, 5.74) is 7.84. The summed E-state index contributed by atoms with van der Waals surface area (Å²) >= 11 is 0. The first-order valence-corrected chi connectivity index (χ1v) is 7.43. The van der Waals surface area contributed by atoms with Crippen molar-refractivity contribution in [3.63, 3.8) is 0 Å². The van der Waals surface area contributed by atoms with Crippen LogP contribution in [0, 0.1) is 10.1 Å². The number of non-ortho nitro benzene ring substituents is 1. The van der Waals surface area contributed by atoms with Crippen LogP contribution in [0.4, 0.5) is 5.69 Å². The lowest BCUT2D eigenvalue weighted by Gasteiger charge is -2.19. The van der Waals surface area contributed by atoms with Gasteiger partial charge in [0.25, 0.3) is 5.69 Å². The Labute approximate surface area is 137 Å². The minimum atomic E-state index is -1.39. The molecular formula is C17H16N2O5. The standard InChI is InChI=1S/C17H16N2O5/c18-15-13-9-12(19(22)23)7-6-11(13)8-14(15)24-17(21)16(20)10-4-2-1-3-5-10/h1-7,9,14-16,20H,8,18H2/t14-,15?,16+/m1/s1. The number of nitrogens with two attached hydrogens (primary N) is 1. The zero-order chi connectivity index (χ0) is 17.3. The molecule has 3 N–H and O–H groups in total. The molecule has 0 radical (unpaired) electrons. The third kappa shape index (κ3) is 2.99. The van der Waals surface area contributed by atoms with Crippen LogP contribution in [0.2, 0.25) is 0 Å². The van der Waals surface area contributed by atoms with E-state index in [0.717, 1.165) is 5.56 Å². The Balaban J connectivity index is 1.73. The minimum absolute atomic E-state index is 0.0551. The summed E-state index contributed by atoms with van der Waals surface area (Å²) in [6.07, 6.45) is -1.69. The topological polar surface area (TPSA) is 116 Å². The number of esters is 1. The average molecular weight is 328 g/mol. The molecule has 0 bridgehead atoms. The molecule has 0 spiro atoms. The summed E-state index contributed by atoms with van der Waals surface area (Å²) in [4.78, 5) is 22.5. The van der Waals surface area contributed by atoms with Gasteiger partial charge in [-0.3, -0.25) is 10.1 Å². The number of aliphatic hydroxyl groups is 1. The van der Waals surface area contributed by atoms with Crippen molar-refractivity contribution in [1.82, 2.24) is 0 Å². The summed E-state index contributed by atoms with van der Waals surface area (Å²) in [6.45, 7) is 0. The molecule has 24 heavy (non-hydrogen) atoms. The smallest absolute Gasteiger partial charge is 0.340 e. The first-order valence-electron chi connectivity index (χ1n) is 7.43. The predicted molar refractivity (Wildman–Crippen MR) is 85.0 cm³/mol. The number of nitro groups is 1. The summed E-state index contributed by atoms with van der Waals surface area (Å²) < 4.78 is 5.34. The number of carbonyl (C=O) groups is 1. The summed E-state index contributed by atoms with van der Waals surface area (Å²) in [5, 5.41) is 20.9. The molecule has 0 saturated carbocycles. The summed E-state index contributed by atoms with van der Waals surface area (Å²) in [5.74, 6) is -0.788. The zero-order valence-corrected chi connectivity index (χ0v) is 12.7. The molecule has 0 saturated heterocycles. The van der Waals surface area contributed by atoms with E-state index >= 15 is 0 Å². The van der Waals surface area contributed by atoms with Crippen molar-refractivity contribution < 1.29 is 19.6 Å².